The van der Waals surface area contributed by atoms with E-state index >= 15 is 0 Å². The Morgan fingerprint density at radius 2 is 1.73 bits per heavy atom. The zero-order valence-electron chi connectivity index (χ0n) is 18.4. The van der Waals surface area contributed by atoms with Gasteiger partial charge in [0.25, 0.3) is 0 Å². The third kappa shape index (κ3) is 7.36. The highest BCUT2D eigenvalue weighted by molar-refractivity contribution is 8.01. The molecule has 0 spiro atoms. The summed E-state index contributed by atoms with van der Waals surface area (Å²) < 4.78 is 16.4. The highest BCUT2D eigenvalue weighted by atomic mass is 32.2. The van der Waals surface area contributed by atoms with Gasteiger partial charge in [0.05, 0.1) is 33.0 Å². The minimum Gasteiger partial charge on any atom is -0.494 e. The molecular formula is C22H24N4O5S2. The minimum absolute atomic E-state index is 0.146. The minimum atomic E-state index is -0.233. The standard InChI is InChI=1S/C22H24N4O5S2/c1-4-31-16-8-6-15(7-9-16)23-20(28)13-32-22-26-25-21(33-22)24-19(27)12-14-5-10-17(29-2)18(11-14)30-3/h5-11H,4,12-13H2,1-3H3,(H,23,28)(H,24,25,27). The number of aromatic nitrogens is 2. The van der Waals surface area contributed by atoms with Gasteiger partial charge in [-0.25, -0.2) is 0 Å². The van der Waals surface area contributed by atoms with Gasteiger partial charge in [0.15, 0.2) is 15.8 Å². The van der Waals surface area contributed by atoms with Gasteiger partial charge < -0.3 is 24.8 Å². The van der Waals surface area contributed by atoms with E-state index < -0.39 is 0 Å². The summed E-state index contributed by atoms with van der Waals surface area (Å²) in [6, 6.07) is 12.5. The predicted molar refractivity (Wildman–Crippen MR) is 129 cm³/mol. The van der Waals surface area contributed by atoms with Crippen LogP contribution in [-0.2, 0) is 16.0 Å². The van der Waals surface area contributed by atoms with Gasteiger partial charge in [0, 0.05) is 5.69 Å². The summed E-state index contributed by atoms with van der Waals surface area (Å²) in [6.45, 7) is 2.50. The summed E-state index contributed by atoms with van der Waals surface area (Å²) >= 11 is 2.46. The quantitative estimate of drug-likeness (QED) is 0.309. The van der Waals surface area contributed by atoms with Crippen molar-refractivity contribution in [1.82, 2.24) is 10.2 Å². The molecule has 0 radical (unpaired) electrons. The van der Waals surface area contributed by atoms with E-state index in [9.17, 15) is 9.59 Å². The van der Waals surface area contributed by atoms with Crippen LogP contribution in [0.5, 0.6) is 17.2 Å². The Morgan fingerprint density at radius 3 is 2.42 bits per heavy atom. The summed E-state index contributed by atoms with van der Waals surface area (Å²) in [5.74, 6) is 1.67. The van der Waals surface area contributed by atoms with E-state index in [4.69, 9.17) is 14.2 Å². The first-order valence-corrected chi connectivity index (χ1v) is 11.8. The first-order valence-electron chi connectivity index (χ1n) is 10.0. The molecule has 11 heteroatoms. The van der Waals surface area contributed by atoms with Crippen LogP contribution >= 0.6 is 23.1 Å². The molecule has 1 heterocycles. The van der Waals surface area contributed by atoms with Crippen LogP contribution in [0.25, 0.3) is 0 Å². The van der Waals surface area contributed by atoms with Crippen molar-refractivity contribution in [2.75, 3.05) is 37.2 Å². The Bertz CT molecular complexity index is 1090. The number of amides is 2. The molecule has 9 nitrogen and oxygen atoms in total. The Hall–Kier alpha value is -3.31. The highest BCUT2D eigenvalue weighted by Crippen LogP contribution is 2.28. The van der Waals surface area contributed by atoms with Crippen molar-refractivity contribution in [3.8, 4) is 17.2 Å². The van der Waals surface area contributed by atoms with Crippen LogP contribution in [0.15, 0.2) is 46.8 Å². The van der Waals surface area contributed by atoms with Crippen molar-refractivity contribution in [3.05, 3.63) is 48.0 Å². The van der Waals surface area contributed by atoms with Crippen LogP contribution in [-0.4, -0.2) is 48.6 Å². The average Bonchev–Trinajstić information content (AvgIpc) is 3.26. The van der Waals surface area contributed by atoms with Crippen LogP contribution in [0.2, 0.25) is 0 Å². The fourth-order valence-electron chi connectivity index (χ4n) is 2.78. The molecule has 2 aromatic carbocycles. The second kappa shape index (κ2) is 12.1. The van der Waals surface area contributed by atoms with E-state index in [2.05, 4.69) is 20.8 Å². The largest absolute Gasteiger partial charge is 0.494 e. The molecule has 0 atom stereocenters. The molecule has 2 N–H and O–H groups in total. The molecule has 174 valence electrons. The number of methoxy groups -OCH3 is 2. The number of anilines is 2. The topological polar surface area (TPSA) is 112 Å². The highest BCUT2D eigenvalue weighted by Gasteiger charge is 2.13. The fourth-order valence-corrected chi connectivity index (χ4v) is 4.35. The molecule has 0 fully saturated rings. The van der Waals surface area contributed by atoms with Gasteiger partial charge in [-0.3, -0.25) is 9.59 Å². The second-order valence-corrected chi connectivity index (χ2v) is 8.78. The number of nitrogens with zero attached hydrogens (tertiary/aromatic N) is 2. The first-order chi connectivity index (χ1) is 16.0. The molecule has 0 unspecified atom stereocenters. The molecular weight excluding hydrogens is 464 g/mol. The van der Waals surface area contributed by atoms with E-state index in [0.717, 1.165) is 11.3 Å². The smallest absolute Gasteiger partial charge is 0.234 e. The van der Waals surface area contributed by atoms with Crippen molar-refractivity contribution in [3.63, 3.8) is 0 Å². The summed E-state index contributed by atoms with van der Waals surface area (Å²) in [5.41, 5.74) is 1.46. The molecule has 0 aliphatic carbocycles. The van der Waals surface area contributed by atoms with Crippen LogP contribution in [0, 0.1) is 0 Å². The number of carbonyl (C=O) groups excluding carboxylic acids is 2. The summed E-state index contributed by atoms with van der Waals surface area (Å²) in [6.07, 6.45) is 0.146. The Morgan fingerprint density at radius 1 is 0.970 bits per heavy atom. The Labute approximate surface area is 199 Å². The normalized spacial score (nSPS) is 10.4. The summed E-state index contributed by atoms with van der Waals surface area (Å²) in [4.78, 5) is 24.5. The van der Waals surface area contributed by atoms with Crippen molar-refractivity contribution >= 4 is 45.7 Å². The van der Waals surface area contributed by atoms with E-state index in [1.54, 1.807) is 56.7 Å². The maximum atomic E-state index is 12.4. The number of thioether (sulfide) groups is 1. The van der Waals surface area contributed by atoms with Gasteiger partial charge in [0.2, 0.25) is 16.9 Å². The van der Waals surface area contributed by atoms with E-state index in [-0.39, 0.29) is 24.0 Å². The maximum Gasteiger partial charge on any atom is 0.234 e. The molecule has 33 heavy (non-hydrogen) atoms. The van der Waals surface area contributed by atoms with Crippen LogP contribution < -0.4 is 24.8 Å². The van der Waals surface area contributed by atoms with Crippen molar-refractivity contribution < 1.29 is 23.8 Å². The third-order valence-corrected chi connectivity index (χ3v) is 6.21. The van der Waals surface area contributed by atoms with Crippen LogP contribution in [0.4, 0.5) is 10.8 Å². The van der Waals surface area contributed by atoms with Gasteiger partial charge in [-0.1, -0.05) is 29.2 Å². The number of hydrogen-bond donors (Lipinski definition) is 2. The third-order valence-electron chi connectivity index (χ3n) is 4.24. The maximum absolute atomic E-state index is 12.4. The molecule has 3 rings (SSSR count). The van der Waals surface area contributed by atoms with Crippen molar-refractivity contribution in [2.45, 2.75) is 17.7 Å². The summed E-state index contributed by atoms with van der Waals surface area (Å²) in [7, 11) is 3.10. The van der Waals surface area contributed by atoms with Gasteiger partial charge in [-0.15, -0.1) is 10.2 Å². The fraction of sp³-hybridized carbons (Fsp3) is 0.273. The molecule has 0 bridgehead atoms. The molecule has 0 aliphatic heterocycles. The summed E-state index contributed by atoms with van der Waals surface area (Å²) in [5, 5.41) is 13.9. The Balaban J connectivity index is 1.46. The number of carbonyl (C=O) groups is 2. The van der Waals surface area contributed by atoms with Gasteiger partial charge in [-0.2, -0.15) is 0 Å². The van der Waals surface area contributed by atoms with E-state index in [1.807, 2.05) is 6.92 Å². The molecule has 0 saturated carbocycles. The lowest BCUT2D eigenvalue weighted by Crippen LogP contribution is -2.14. The van der Waals surface area contributed by atoms with Crippen LogP contribution in [0.1, 0.15) is 12.5 Å². The Kier molecular flexibility index (Phi) is 8.90. The van der Waals surface area contributed by atoms with E-state index in [0.29, 0.717) is 33.3 Å². The number of nitrogens with one attached hydrogen (secondary N) is 2. The van der Waals surface area contributed by atoms with Crippen molar-refractivity contribution in [1.29, 1.82) is 0 Å². The molecule has 2 amide bonds. The zero-order chi connectivity index (χ0) is 23.6. The molecule has 0 aliphatic rings. The predicted octanol–water partition coefficient (Wildman–Crippen LogP) is 3.87. The van der Waals surface area contributed by atoms with Gasteiger partial charge in [-0.05, 0) is 48.9 Å². The lowest BCUT2D eigenvalue weighted by molar-refractivity contribution is -0.115. The molecule has 0 saturated heterocycles. The monoisotopic (exact) mass is 488 g/mol. The first kappa shape index (κ1) is 24.3. The lowest BCUT2D eigenvalue weighted by atomic mass is 10.1. The average molecular weight is 489 g/mol. The van der Waals surface area contributed by atoms with E-state index in [1.165, 1.54) is 23.1 Å². The van der Waals surface area contributed by atoms with Crippen LogP contribution in [0.3, 0.4) is 0 Å². The van der Waals surface area contributed by atoms with Gasteiger partial charge in [0.1, 0.15) is 5.75 Å². The molecule has 3 aromatic rings. The zero-order valence-corrected chi connectivity index (χ0v) is 20.0. The number of ether oxygens (including phenoxy) is 3. The van der Waals surface area contributed by atoms with Gasteiger partial charge >= 0.3 is 0 Å². The SMILES string of the molecule is CCOc1ccc(NC(=O)CSc2nnc(NC(=O)Cc3ccc(OC)c(OC)c3)s2)cc1. The number of rotatable bonds is 11. The van der Waals surface area contributed by atoms with Crippen molar-refractivity contribution in [2.24, 2.45) is 0 Å². The lowest BCUT2D eigenvalue weighted by Gasteiger charge is -2.09. The number of benzene rings is 2. The number of hydrogen-bond acceptors (Lipinski definition) is 9. The molecule has 1 aromatic heterocycles. The second-order valence-electron chi connectivity index (χ2n) is 6.58.